The Bertz CT molecular complexity index is 618. The highest BCUT2D eigenvalue weighted by atomic mass is 16.5. The summed E-state index contributed by atoms with van der Waals surface area (Å²) in [5.74, 6) is 2.40. The molecule has 1 amide bonds. The number of aliphatic hydroxyl groups excluding tert-OH is 1. The van der Waals surface area contributed by atoms with Gasteiger partial charge in [0.05, 0.1) is 13.2 Å². The molecule has 0 spiro atoms. The van der Waals surface area contributed by atoms with Crippen LogP contribution in [0, 0.1) is 11.8 Å². The fourth-order valence-electron chi connectivity index (χ4n) is 4.67. The number of benzene rings is 1. The zero-order valence-corrected chi connectivity index (χ0v) is 15.9. The van der Waals surface area contributed by atoms with Gasteiger partial charge in [-0.2, -0.15) is 0 Å². The lowest BCUT2D eigenvalue weighted by atomic mass is 10.0. The molecule has 3 unspecified atom stereocenters. The van der Waals surface area contributed by atoms with Crippen LogP contribution in [0.3, 0.4) is 0 Å². The molecular weight excluding hydrogens is 344 g/mol. The van der Waals surface area contributed by atoms with Gasteiger partial charge in [0.2, 0.25) is 0 Å². The van der Waals surface area contributed by atoms with Crippen molar-refractivity contribution in [1.82, 2.24) is 9.80 Å². The topological polar surface area (TPSA) is 62.2 Å². The lowest BCUT2D eigenvalue weighted by Gasteiger charge is -2.26. The fraction of sp³-hybridized carbons (Fsp3) is 0.667. The predicted octanol–water partition coefficient (Wildman–Crippen LogP) is 1.63. The molecule has 3 fully saturated rings. The van der Waals surface area contributed by atoms with Crippen molar-refractivity contribution < 1.29 is 19.4 Å². The number of likely N-dealkylation sites (tertiary alicyclic amines) is 1. The van der Waals surface area contributed by atoms with Crippen LogP contribution in [-0.2, 0) is 4.74 Å². The van der Waals surface area contributed by atoms with Crippen LogP contribution in [0.4, 0.5) is 0 Å². The maximum absolute atomic E-state index is 12.4. The van der Waals surface area contributed by atoms with Crippen LogP contribution in [-0.4, -0.2) is 79.5 Å². The minimum atomic E-state index is -0.488. The van der Waals surface area contributed by atoms with Crippen molar-refractivity contribution in [2.24, 2.45) is 11.8 Å². The minimum absolute atomic E-state index is 0.0319. The van der Waals surface area contributed by atoms with E-state index in [2.05, 4.69) is 4.90 Å². The number of carbonyl (C=O) groups is 1. The second-order valence-corrected chi connectivity index (χ2v) is 8.06. The van der Waals surface area contributed by atoms with Gasteiger partial charge < -0.3 is 24.4 Å². The van der Waals surface area contributed by atoms with Crippen molar-refractivity contribution in [2.75, 3.05) is 52.5 Å². The Labute approximate surface area is 161 Å². The number of aliphatic hydroxyl groups is 1. The van der Waals surface area contributed by atoms with Crippen molar-refractivity contribution in [3.63, 3.8) is 0 Å². The van der Waals surface area contributed by atoms with Crippen LogP contribution in [0.15, 0.2) is 24.3 Å². The molecule has 3 atom stereocenters. The summed E-state index contributed by atoms with van der Waals surface area (Å²) in [7, 11) is 0. The monoisotopic (exact) mass is 374 g/mol. The number of morpholine rings is 1. The molecule has 6 heteroatoms. The van der Waals surface area contributed by atoms with E-state index in [1.165, 1.54) is 19.3 Å². The lowest BCUT2D eigenvalue weighted by Crippen LogP contribution is -2.40. The Kier molecular flexibility index (Phi) is 5.95. The van der Waals surface area contributed by atoms with Gasteiger partial charge in [0, 0.05) is 38.3 Å². The first-order valence-corrected chi connectivity index (χ1v) is 10.2. The number of nitrogens with zero attached hydrogens (tertiary/aromatic N) is 2. The van der Waals surface area contributed by atoms with Gasteiger partial charge in [-0.25, -0.2) is 0 Å². The number of amides is 1. The van der Waals surface area contributed by atoms with E-state index < -0.39 is 6.10 Å². The number of hydrogen-bond donors (Lipinski definition) is 1. The molecule has 0 aromatic heterocycles. The summed E-state index contributed by atoms with van der Waals surface area (Å²) in [4.78, 5) is 16.6. The third-order valence-electron chi connectivity index (χ3n) is 6.11. The van der Waals surface area contributed by atoms with Crippen LogP contribution in [0.5, 0.6) is 5.75 Å². The van der Waals surface area contributed by atoms with Gasteiger partial charge in [0.1, 0.15) is 18.5 Å². The van der Waals surface area contributed by atoms with E-state index in [1.807, 2.05) is 4.90 Å². The highest BCUT2D eigenvalue weighted by molar-refractivity contribution is 5.94. The zero-order chi connectivity index (χ0) is 18.6. The Morgan fingerprint density at radius 3 is 2.48 bits per heavy atom. The molecule has 4 rings (SSSR count). The van der Waals surface area contributed by atoms with E-state index in [4.69, 9.17) is 9.47 Å². The quantitative estimate of drug-likeness (QED) is 0.820. The second kappa shape index (κ2) is 8.59. The molecule has 1 aromatic carbocycles. The lowest BCUT2D eigenvalue weighted by molar-refractivity contribution is 0.0303. The van der Waals surface area contributed by atoms with Gasteiger partial charge in [-0.3, -0.25) is 4.79 Å². The molecule has 2 heterocycles. The molecule has 1 N–H and O–H groups in total. The minimum Gasteiger partial charge on any atom is -0.491 e. The third-order valence-corrected chi connectivity index (χ3v) is 6.11. The fourth-order valence-corrected chi connectivity index (χ4v) is 4.67. The second-order valence-electron chi connectivity index (χ2n) is 8.06. The molecule has 6 nitrogen and oxygen atoms in total. The van der Waals surface area contributed by atoms with Gasteiger partial charge in [-0.1, -0.05) is 6.42 Å². The Hall–Kier alpha value is -1.63. The molecule has 1 aliphatic carbocycles. The Morgan fingerprint density at radius 2 is 1.81 bits per heavy atom. The molecule has 148 valence electrons. The van der Waals surface area contributed by atoms with Gasteiger partial charge in [0.25, 0.3) is 5.91 Å². The van der Waals surface area contributed by atoms with Crippen LogP contribution < -0.4 is 4.74 Å². The smallest absolute Gasteiger partial charge is 0.254 e. The van der Waals surface area contributed by atoms with Gasteiger partial charge in [-0.05, 0) is 48.9 Å². The maximum atomic E-state index is 12.4. The number of rotatable bonds is 6. The normalized spacial score (nSPS) is 26.8. The van der Waals surface area contributed by atoms with Gasteiger partial charge >= 0.3 is 0 Å². The third kappa shape index (κ3) is 4.62. The number of carbonyl (C=O) groups excluding carboxylic acids is 1. The van der Waals surface area contributed by atoms with Crippen molar-refractivity contribution in [2.45, 2.75) is 25.4 Å². The van der Waals surface area contributed by atoms with E-state index in [0.29, 0.717) is 44.2 Å². The molecular formula is C21H30N2O4. The molecule has 1 saturated carbocycles. The van der Waals surface area contributed by atoms with Crippen molar-refractivity contribution in [3.05, 3.63) is 29.8 Å². The van der Waals surface area contributed by atoms with E-state index in [1.54, 1.807) is 24.3 Å². The first kappa shape index (κ1) is 18.7. The largest absolute Gasteiger partial charge is 0.491 e. The SMILES string of the molecule is O=C(c1ccc(OCC(O)CN2CC3CCCC3C2)cc1)N1CCOCC1. The van der Waals surface area contributed by atoms with Crippen molar-refractivity contribution >= 4 is 5.91 Å². The highest BCUT2D eigenvalue weighted by Crippen LogP contribution is 2.37. The molecule has 1 aromatic rings. The van der Waals surface area contributed by atoms with E-state index in [9.17, 15) is 9.90 Å². The Balaban J connectivity index is 1.22. The molecule has 3 aliphatic rings. The maximum Gasteiger partial charge on any atom is 0.254 e. The van der Waals surface area contributed by atoms with Crippen LogP contribution >= 0.6 is 0 Å². The standard InChI is InChI=1S/C21H30N2O4/c24-19(14-22-12-17-2-1-3-18(17)13-22)15-27-20-6-4-16(5-7-20)21(25)23-8-10-26-11-9-23/h4-7,17-19,24H,1-3,8-15H2. The summed E-state index contributed by atoms with van der Waals surface area (Å²) in [6.07, 6.45) is 3.59. The van der Waals surface area contributed by atoms with Crippen LogP contribution in [0.1, 0.15) is 29.6 Å². The molecule has 0 radical (unpaired) electrons. The average Bonchev–Trinajstić information content (AvgIpc) is 3.28. The summed E-state index contributed by atoms with van der Waals surface area (Å²) < 4.78 is 11.0. The molecule has 27 heavy (non-hydrogen) atoms. The summed E-state index contributed by atoms with van der Waals surface area (Å²) in [5.41, 5.74) is 0.661. The van der Waals surface area contributed by atoms with Gasteiger partial charge in [-0.15, -0.1) is 0 Å². The Morgan fingerprint density at radius 1 is 1.15 bits per heavy atom. The summed E-state index contributed by atoms with van der Waals surface area (Å²) in [6, 6.07) is 7.20. The van der Waals surface area contributed by atoms with Crippen LogP contribution in [0.25, 0.3) is 0 Å². The number of ether oxygens (including phenoxy) is 2. The number of β-amino-alcohol motifs (C(OH)–C–C–N with tert-alkyl or cyclic N) is 1. The van der Waals surface area contributed by atoms with E-state index in [-0.39, 0.29) is 12.5 Å². The van der Waals surface area contributed by atoms with E-state index >= 15 is 0 Å². The zero-order valence-electron chi connectivity index (χ0n) is 15.9. The summed E-state index contributed by atoms with van der Waals surface area (Å²) in [6.45, 7) is 5.69. The number of fused-ring (bicyclic) bond motifs is 1. The predicted molar refractivity (Wildman–Crippen MR) is 102 cm³/mol. The first-order valence-electron chi connectivity index (χ1n) is 10.2. The van der Waals surface area contributed by atoms with Gasteiger partial charge in [0.15, 0.2) is 0 Å². The molecule has 2 aliphatic heterocycles. The highest BCUT2D eigenvalue weighted by Gasteiger charge is 2.36. The van der Waals surface area contributed by atoms with Crippen molar-refractivity contribution in [3.8, 4) is 5.75 Å². The van der Waals surface area contributed by atoms with E-state index in [0.717, 1.165) is 24.9 Å². The van der Waals surface area contributed by atoms with Crippen LogP contribution in [0.2, 0.25) is 0 Å². The first-order chi connectivity index (χ1) is 13.2. The average molecular weight is 374 g/mol. The summed E-state index contributed by atoms with van der Waals surface area (Å²) >= 11 is 0. The molecule has 2 saturated heterocycles. The summed E-state index contributed by atoms with van der Waals surface area (Å²) in [5, 5.41) is 10.3. The molecule has 0 bridgehead atoms. The number of hydrogen-bond acceptors (Lipinski definition) is 5. The van der Waals surface area contributed by atoms with Crippen molar-refractivity contribution in [1.29, 1.82) is 0 Å².